The molecule has 1 amide bonds. The van der Waals surface area contributed by atoms with Crippen molar-refractivity contribution < 1.29 is 22.8 Å². The van der Waals surface area contributed by atoms with E-state index in [0.29, 0.717) is 11.3 Å². The number of anilines is 2. The lowest BCUT2D eigenvalue weighted by atomic mass is 10.1. The number of halogens is 3. The molecule has 32 heavy (non-hydrogen) atoms. The summed E-state index contributed by atoms with van der Waals surface area (Å²) in [4.78, 5) is 24.3. The molecular weight excluding hydrogens is 425 g/mol. The number of amides is 1. The van der Waals surface area contributed by atoms with Gasteiger partial charge in [0.2, 0.25) is 0 Å². The van der Waals surface area contributed by atoms with Crippen LogP contribution in [0, 0.1) is 12.3 Å². The predicted molar refractivity (Wildman–Crippen MR) is 115 cm³/mol. The van der Waals surface area contributed by atoms with Crippen LogP contribution in [-0.2, 0) is 11.0 Å². The summed E-state index contributed by atoms with van der Waals surface area (Å²) in [6, 6.07) is 8.54. The number of hydrazone groups is 1. The molecule has 2 N–H and O–H groups in total. The van der Waals surface area contributed by atoms with Gasteiger partial charge in [-0.2, -0.15) is 18.3 Å². The van der Waals surface area contributed by atoms with Crippen LogP contribution in [0.3, 0.4) is 0 Å². The summed E-state index contributed by atoms with van der Waals surface area (Å²) in [5.74, 6) is -0.239. The molecule has 1 fully saturated rings. The maximum atomic E-state index is 13.3. The van der Waals surface area contributed by atoms with Crippen molar-refractivity contribution in [2.45, 2.75) is 26.1 Å². The van der Waals surface area contributed by atoms with E-state index in [1.54, 1.807) is 24.0 Å². The Bertz CT molecular complexity index is 1010. The Morgan fingerprint density at radius 2 is 2.09 bits per heavy atom. The minimum Gasteiger partial charge on any atom is -0.332 e. The molecule has 170 valence electrons. The quantitative estimate of drug-likeness (QED) is 0.537. The summed E-state index contributed by atoms with van der Waals surface area (Å²) in [7, 11) is 0. The Balaban J connectivity index is 1.81. The van der Waals surface area contributed by atoms with E-state index in [1.807, 2.05) is 13.0 Å². The van der Waals surface area contributed by atoms with E-state index in [4.69, 9.17) is 10.2 Å². The first-order chi connectivity index (χ1) is 15.2. The molecule has 0 saturated carbocycles. The minimum absolute atomic E-state index is 0.0280. The third kappa shape index (κ3) is 5.41. The number of aromatic nitrogens is 1. The molecule has 8 nitrogen and oxygen atoms in total. The van der Waals surface area contributed by atoms with Crippen LogP contribution in [0.15, 0.2) is 41.5 Å². The zero-order valence-electron chi connectivity index (χ0n) is 17.6. The molecule has 3 rings (SSSR count). The molecule has 1 aliphatic heterocycles. The molecule has 2 heterocycles. The van der Waals surface area contributed by atoms with Crippen molar-refractivity contribution >= 4 is 29.8 Å². The Morgan fingerprint density at radius 1 is 1.31 bits per heavy atom. The monoisotopic (exact) mass is 448 g/mol. The topological polar surface area (TPSA) is 93.9 Å². The first kappa shape index (κ1) is 23.2. The van der Waals surface area contributed by atoms with Gasteiger partial charge in [0.25, 0.3) is 5.91 Å². The van der Waals surface area contributed by atoms with Gasteiger partial charge in [-0.15, -0.1) is 0 Å². The molecule has 2 aromatic rings. The highest BCUT2D eigenvalue weighted by Crippen LogP contribution is 2.29. The number of nitrogens with zero attached hydrogens (tertiary/aromatic N) is 4. The zero-order chi connectivity index (χ0) is 23.3. The number of benzene rings is 1. The molecule has 1 atom stereocenters. The number of nitrogens with one attached hydrogen (secondary N) is 2. The summed E-state index contributed by atoms with van der Waals surface area (Å²) in [5.41, 5.74) is 3.50. The highest BCUT2D eigenvalue weighted by atomic mass is 19.4. The van der Waals surface area contributed by atoms with Crippen LogP contribution in [-0.4, -0.2) is 54.0 Å². The van der Waals surface area contributed by atoms with Crippen molar-refractivity contribution in [3.05, 3.63) is 53.2 Å². The molecule has 0 radical (unpaired) electrons. The summed E-state index contributed by atoms with van der Waals surface area (Å²) < 4.78 is 39.0. The number of alkyl halides is 3. The second-order valence-electron chi connectivity index (χ2n) is 7.23. The lowest BCUT2D eigenvalue weighted by Crippen LogP contribution is -2.41. The number of hydrogen-bond acceptors (Lipinski definition) is 7. The molecular formula is C21H23F3N6O2. The molecule has 1 aliphatic rings. The largest absolute Gasteiger partial charge is 0.433 e. The lowest BCUT2D eigenvalue weighted by molar-refractivity contribution is -0.141. The summed E-state index contributed by atoms with van der Waals surface area (Å²) in [5, 5.41) is 12.2. The molecule has 0 spiro atoms. The molecule has 1 aromatic heterocycles. The van der Waals surface area contributed by atoms with Gasteiger partial charge in [0.15, 0.2) is 5.82 Å². The van der Waals surface area contributed by atoms with E-state index in [0.717, 1.165) is 17.8 Å². The third-order valence-electron chi connectivity index (χ3n) is 4.83. The van der Waals surface area contributed by atoms with Crippen molar-refractivity contribution in [3.8, 4) is 0 Å². The average Bonchev–Trinajstić information content (AvgIpc) is 2.95. The Morgan fingerprint density at radius 3 is 2.81 bits per heavy atom. The fourth-order valence-corrected chi connectivity index (χ4v) is 3.21. The number of aryl methyl sites for hydroxylation is 1. The predicted octanol–water partition coefficient (Wildman–Crippen LogP) is 3.74. The molecule has 11 heteroatoms. The summed E-state index contributed by atoms with van der Waals surface area (Å²) in [6.07, 6.45) is -2.31. The van der Waals surface area contributed by atoms with E-state index < -0.39 is 11.9 Å². The summed E-state index contributed by atoms with van der Waals surface area (Å²) >= 11 is 0. The van der Waals surface area contributed by atoms with Gasteiger partial charge >= 0.3 is 6.18 Å². The fourth-order valence-electron chi connectivity index (χ4n) is 3.21. The smallest absolute Gasteiger partial charge is 0.332 e. The van der Waals surface area contributed by atoms with E-state index in [1.165, 1.54) is 23.4 Å². The van der Waals surface area contributed by atoms with Gasteiger partial charge in [-0.25, -0.2) is 10.0 Å². The molecule has 0 bridgehead atoms. The molecule has 0 aliphatic carbocycles. The summed E-state index contributed by atoms with van der Waals surface area (Å²) in [6.45, 7) is 4.11. The van der Waals surface area contributed by atoms with Crippen LogP contribution in [0.5, 0.6) is 0 Å². The minimum atomic E-state index is -4.56. The van der Waals surface area contributed by atoms with Crippen LogP contribution in [0.25, 0.3) is 0 Å². The van der Waals surface area contributed by atoms with Crippen LogP contribution in [0.1, 0.15) is 28.5 Å². The highest BCUT2D eigenvalue weighted by molar-refractivity contribution is 6.14. The Labute approximate surface area is 183 Å². The second kappa shape index (κ2) is 9.77. The SMILES string of the molecule is Cc1ccc(NN=CC=N)c(C(=O)N2CCN(c3cccc(C(F)(F)F)n3)OCC2C)c1. The molecule has 1 unspecified atom stereocenters. The van der Waals surface area contributed by atoms with Gasteiger partial charge in [-0.05, 0) is 38.1 Å². The number of hydroxylamine groups is 1. The number of rotatable bonds is 5. The van der Waals surface area contributed by atoms with Crippen molar-refractivity contribution in [1.29, 1.82) is 5.41 Å². The number of carbonyl (C=O) groups excluding carboxylic acids is 1. The van der Waals surface area contributed by atoms with Gasteiger partial charge in [0.05, 0.1) is 36.7 Å². The van der Waals surface area contributed by atoms with Crippen molar-refractivity contribution in [2.24, 2.45) is 5.10 Å². The van der Waals surface area contributed by atoms with Crippen molar-refractivity contribution in [2.75, 3.05) is 30.2 Å². The zero-order valence-corrected chi connectivity index (χ0v) is 17.6. The van der Waals surface area contributed by atoms with Crippen molar-refractivity contribution in [3.63, 3.8) is 0 Å². The fraction of sp³-hybridized carbons (Fsp3) is 0.333. The standard InChI is InChI=1S/C21H23F3N6O2/c1-14-6-7-17(28-26-9-8-25)16(12-14)20(31)29-10-11-30(32-13-15(29)2)19-5-3-4-18(27-19)21(22,23)24/h3-9,12,15,25,28H,10-11,13H2,1-2H3. The van der Waals surface area contributed by atoms with Gasteiger partial charge < -0.3 is 10.3 Å². The Hall–Kier alpha value is -3.47. The first-order valence-corrected chi connectivity index (χ1v) is 9.85. The van der Waals surface area contributed by atoms with E-state index in [2.05, 4.69) is 15.5 Å². The van der Waals surface area contributed by atoms with Gasteiger partial charge in [0, 0.05) is 12.8 Å². The second-order valence-corrected chi connectivity index (χ2v) is 7.23. The van der Waals surface area contributed by atoms with E-state index >= 15 is 0 Å². The van der Waals surface area contributed by atoms with Gasteiger partial charge in [-0.3, -0.25) is 15.1 Å². The highest BCUT2D eigenvalue weighted by Gasteiger charge is 2.34. The van der Waals surface area contributed by atoms with E-state index in [-0.39, 0.29) is 37.5 Å². The van der Waals surface area contributed by atoms with Crippen molar-refractivity contribution in [1.82, 2.24) is 9.88 Å². The number of carbonyl (C=O) groups is 1. The maximum absolute atomic E-state index is 13.3. The normalized spacial score (nSPS) is 17.3. The first-order valence-electron chi connectivity index (χ1n) is 9.85. The van der Waals surface area contributed by atoms with E-state index in [9.17, 15) is 18.0 Å². The third-order valence-corrected chi connectivity index (χ3v) is 4.83. The van der Waals surface area contributed by atoms with Crippen LogP contribution in [0.4, 0.5) is 24.7 Å². The van der Waals surface area contributed by atoms with Gasteiger partial charge in [-0.1, -0.05) is 17.7 Å². The number of pyridine rings is 1. The van der Waals surface area contributed by atoms with Crippen LogP contribution >= 0.6 is 0 Å². The number of hydrogen-bond donors (Lipinski definition) is 2. The van der Waals surface area contributed by atoms with Crippen LogP contribution < -0.4 is 10.5 Å². The molecule has 1 saturated heterocycles. The maximum Gasteiger partial charge on any atom is 0.433 e. The van der Waals surface area contributed by atoms with Crippen LogP contribution in [0.2, 0.25) is 0 Å². The lowest BCUT2D eigenvalue weighted by Gasteiger charge is -2.26. The Kier molecular flexibility index (Phi) is 7.08. The molecule has 1 aromatic carbocycles. The van der Waals surface area contributed by atoms with Gasteiger partial charge in [0.1, 0.15) is 5.69 Å². The average molecular weight is 448 g/mol.